The normalized spacial score (nSPS) is 13.8. The highest BCUT2D eigenvalue weighted by Gasteiger charge is 2.36. The molecule has 10 aromatic rings. The highest BCUT2D eigenvalue weighted by Crippen LogP contribution is 2.51. The molecular formula is C43H27N3OS. The molecule has 0 N–H and O–H groups in total. The summed E-state index contributed by atoms with van der Waals surface area (Å²) in [5, 5.41) is 5.83. The van der Waals surface area contributed by atoms with Gasteiger partial charge in [-0.2, -0.15) is 0 Å². The van der Waals surface area contributed by atoms with E-state index in [2.05, 4.69) is 128 Å². The zero-order valence-electron chi connectivity index (χ0n) is 26.3. The van der Waals surface area contributed by atoms with Crippen molar-refractivity contribution >= 4 is 75.4 Å². The molecule has 226 valence electrons. The summed E-state index contributed by atoms with van der Waals surface area (Å²) in [4.78, 5) is 10.5. The van der Waals surface area contributed by atoms with Crippen LogP contribution >= 0.6 is 11.3 Å². The van der Waals surface area contributed by atoms with E-state index in [4.69, 9.17) is 14.4 Å². The van der Waals surface area contributed by atoms with Crippen molar-refractivity contribution in [2.24, 2.45) is 0 Å². The first-order valence-corrected chi connectivity index (χ1v) is 17.2. The molecule has 1 aliphatic rings. The molecule has 0 aliphatic carbocycles. The lowest BCUT2D eigenvalue weighted by atomic mass is 9.74. The van der Waals surface area contributed by atoms with E-state index in [0.717, 1.165) is 49.7 Å². The average molecular weight is 634 g/mol. The van der Waals surface area contributed by atoms with Crippen LogP contribution in [-0.2, 0) is 5.41 Å². The van der Waals surface area contributed by atoms with E-state index in [0.29, 0.717) is 5.82 Å². The van der Waals surface area contributed by atoms with E-state index in [9.17, 15) is 0 Å². The molecule has 0 saturated carbocycles. The second-order valence-electron chi connectivity index (χ2n) is 13.4. The number of rotatable bonds is 2. The van der Waals surface area contributed by atoms with Gasteiger partial charge >= 0.3 is 0 Å². The number of benzene rings is 6. The molecule has 0 unspecified atom stereocenters. The molecule has 48 heavy (non-hydrogen) atoms. The van der Waals surface area contributed by atoms with Gasteiger partial charge in [-0.15, -0.1) is 11.3 Å². The van der Waals surface area contributed by atoms with Crippen LogP contribution in [0.4, 0.5) is 0 Å². The first-order chi connectivity index (χ1) is 23.6. The molecule has 0 atom stereocenters. The molecule has 5 heteroatoms. The van der Waals surface area contributed by atoms with Gasteiger partial charge in [0.1, 0.15) is 11.2 Å². The quantitative estimate of drug-likeness (QED) is 0.190. The molecule has 0 saturated heterocycles. The van der Waals surface area contributed by atoms with Gasteiger partial charge in [0.15, 0.2) is 5.82 Å². The molecule has 0 bridgehead atoms. The Morgan fingerprint density at radius 1 is 0.625 bits per heavy atom. The fraction of sp³-hybridized carbons (Fsp3) is 0.0698. The predicted molar refractivity (Wildman–Crippen MR) is 200 cm³/mol. The van der Waals surface area contributed by atoms with E-state index in [-0.39, 0.29) is 5.41 Å². The first-order valence-electron chi connectivity index (χ1n) is 16.3. The molecule has 11 rings (SSSR count). The fourth-order valence-corrected chi connectivity index (χ4v) is 9.34. The maximum Gasteiger partial charge on any atom is 0.160 e. The summed E-state index contributed by atoms with van der Waals surface area (Å²) >= 11 is 1.89. The molecule has 5 heterocycles. The minimum absolute atomic E-state index is 0.226. The van der Waals surface area contributed by atoms with Crippen molar-refractivity contribution in [3.63, 3.8) is 0 Å². The summed E-state index contributed by atoms with van der Waals surface area (Å²) in [5.74, 6) is 0.707. The summed E-state index contributed by atoms with van der Waals surface area (Å²) in [7, 11) is 0. The Hall–Kier alpha value is -5.78. The van der Waals surface area contributed by atoms with Crippen molar-refractivity contribution < 1.29 is 4.42 Å². The third-order valence-electron chi connectivity index (χ3n) is 10.4. The predicted octanol–water partition coefficient (Wildman–Crippen LogP) is 11.8. The summed E-state index contributed by atoms with van der Waals surface area (Å²) < 4.78 is 11.7. The first kappa shape index (κ1) is 26.3. The van der Waals surface area contributed by atoms with Crippen molar-refractivity contribution in [1.29, 1.82) is 0 Å². The Labute approximate surface area is 279 Å². The monoisotopic (exact) mass is 633 g/mol. The molecule has 1 aliphatic heterocycles. The van der Waals surface area contributed by atoms with Crippen LogP contribution < -0.4 is 0 Å². The van der Waals surface area contributed by atoms with E-state index >= 15 is 0 Å². The van der Waals surface area contributed by atoms with Gasteiger partial charge in [-0.05, 0) is 53.6 Å². The van der Waals surface area contributed by atoms with Crippen LogP contribution in [-0.4, -0.2) is 14.5 Å². The third kappa shape index (κ3) is 3.33. The molecular weight excluding hydrogens is 607 g/mol. The lowest BCUT2D eigenvalue weighted by molar-refractivity contribution is 0.630. The fourth-order valence-electron chi connectivity index (χ4n) is 8.12. The van der Waals surface area contributed by atoms with Crippen LogP contribution in [0.1, 0.15) is 25.0 Å². The highest BCUT2D eigenvalue weighted by atomic mass is 32.1. The van der Waals surface area contributed by atoms with Crippen LogP contribution in [0.5, 0.6) is 0 Å². The van der Waals surface area contributed by atoms with Crippen LogP contribution in [0.25, 0.3) is 92.4 Å². The number of hydrogen-bond donors (Lipinski definition) is 0. The SMILES string of the molecule is CC1(C)c2cc(-c3nc(-c4cccc5c4oc4ccccc45)c4ccccc4n3)ccc2-n2c3c1cccc3c1sc3ccccc3c12. The van der Waals surface area contributed by atoms with Gasteiger partial charge in [-0.3, -0.25) is 0 Å². The van der Waals surface area contributed by atoms with Gasteiger partial charge in [0.2, 0.25) is 0 Å². The number of furan rings is 1. The maximum absolute atomic E-state index is 6.48. The van der Waals surface area contributed by atoms with Gasteiger partial charge in [0, 0.05) is 48.2 Å². The van der Waals surface area contributed by atoms with Crippen molar-refractivity contribution in [1.82, 2.24) is 14.5 Å². The van der Waals surface area contributed by atoms with Gasteiger partial charge in [0.25, 0.3) is 0 Å². The van der Waals surface area contributed by atoms with Gasteiger partial charge < -0.3 is 8.98 Å². The average Bonchev–Trinajstić information content (AvgIpc) is 3.79. The maximum atomic E-state index is 6.48. The van der Waals surface area contributed by atoms with E-state index in [1.165, 1.54) is 48.0 Å². The standard InChI is InChI=1S/C43H27N3OS/c1-43(2)31-17-10-16-30-38(31)46(39-28-13-5-8-20-36(28)48-41(30)39)34-22-21-24(23-32(34)43)42-44-33-18-6-3-12-27(33)37(45-42)29-15-9-14-26-25-11-4-7-19-35(25)47-40(26)29/h3-23H,1-2H3. The largest absolute Gasteiger partial charge is 0.455 e. The van der Waals surface area contributed by atoms with Crippen molar-refractivity contribution in [3.8, 4) is 28.3 Å². The van der Waals surface area contributed by atoms with Gasteiger partial charge in [-0.25, -0.2) is 9.97 Å². The third-order valence-corrected chi connectivity index (χ3v) is 11.6. The summed E-state index contributed by atoms with van der Waals surface area (Å²) in [6, 6.07) is 45.3. The molecule has 0 spiro atoms. The molecule has 0 fully saturated rings. The van der Waals surface area contributed by atoms with Crippen LogP contribution in [0.3, 0.4) is 0 Å². The van der Waals surface area contributed by atoms with Crippen LogP contribution in [0, 0.1) is 0 Å². The Morgan fingerprint density at radius 2 is 1.38 bits per heavy atom. The highest BCUT2D eigenvalue weighted by molar-refractivity contribution is 7.26. The molecule has 0 radical (unpaired) electrons. The smallest absolute Gasteiger partial charge is 0.160 e. The van der Waals surface area contributed by atoms with Gasteiger partial charge in [-0.1, -0.05) is 98.8 Å². The molecule has 6 aromatic carbocycles. The van der Waals surface area contributed by atoms with E-state index < -0.39 is 0 Å². The Kier molecular flexibility index (Phi) is 5.03. The lowest BCUT2D eigenvalue weighted by Gasteiger charge is -2.35. The minimum atomic E-state index is -0.226. The number of thiophene rings is 1. The van der Waals surface area contributed by atoms with Crippen molar-refractivity contribution in [2.45, 2.75) is 19.3 Å². The van der Waals surface area contributed by atoms with Gasteiger partial charge in [0.05, 0.1) is 32.6 Å². The Bertz CT molecular complexity index is 2990. The number of nitrogens with zero attached hydrogens (tertiary/aromatic N) is 3. The number of fused-ring (bicyclic) bond motifs is 11. The number of para-hydroxylation sites is 4. The van der Waals surface area contributed by atoms with E-state index in [1.807, 2.05) is 29.5 Å². The Balaban J connectivity index is 1.18. The topological polar surface area (TPSA) is 43.9 Å². The van der Waals surface area contributed by atoms with E-state index in [1.54, 1.807) is 0 Å². The zero-order valence-corrected chi connectivity index (χ0v) is 27.1. The summed E-state index contributed by atoms with van der Waals surface area (Å²) in [5.41, 5.74) is 11.7. The lowest BCUT2D eigenvalue weighted by Crippen LogP contribution is -2.26. The minimum Gasteiger partial charge on any atom is -0.455 e. The van der Waals surface area contributed by atoms with Crippen LogP contribution in [0.15, 0.2) is 132 Å². The number of hydrogen-bond acceptors (Lipinski definition) is 4. The molecule has 4 nitrogen and oxygen atoms in total. The summed E-state index contributed by atoms with van der Waals surface area (Å²) in [6.45, 7) is 4.70. The van der Waals surface area contributed by atoms with Crippen LogP contribution in [0.2, 0.25) is 0 Å². The summed E-state index contributed by atoms with van der Waals surface area (Å²) in [6.07, 6.45) is 0. The number of aromatic nitrogens is 3. The van der Waals surface area contributed by atoms with Crippen molar-refractivity contribution in [3.05, 3.63) is 139 Å². The Morgan fingerprint density at radius 3 is 2.29 bits per heavy atom. The zero-order chi connectivity index (χ0) is 31.7. The molecule has 0 amide bonds. The van der Waals surface area contributed by atoms with Crippen molar-refractivity contribution in [2.75, 3.05) is 0 Å². The molecule has 4 aromatic heterocycles. The second-order valence-corrected chi connectivity index (χ2v) is 14.4. The second kappa shape index (κ2) is 9.18.